The third-order valence-electron chi connectivity index (χ3n) is 5.62. The van der Waals surface area contributed by atoms with Gasteiger partial charge in [0.1, 0.15) is 11.4 Å². The Morgan fingerprint density at radius 2 is 1.81 bits per heavy atom. The minimum absolute atomic E-state index is 0.0481. The molecule has 37 heavy (non-hydrogen) atoms. The summed E-state index contributed by atoms with van der Waals surface area (Å²) in [6.07, 6.45) is 3.17. The van der Waals surface area contributed by atoms with Crippen LogP contribution < -0.4 is 9.62 Å². The van der Waals surface area contributed by atoms with Gasteiger partial charge in [-0.05, 0) is 13.0 Å². The third kappa shape index (κ3) is 5.81. The zero-order valence-corrected chi connectivity index (χ0v) is 20.8. The van der Waals surface area contributed by atoms with Crippen LogP contribution in [0.3, 0.4) is 0 Å². The fourth-order valence-corrected chi connectivity index (χ4v) is 4.81. The van der Waals surface area contributed by atoms with E-state index < -0.39 is 75.2 Å². The summed E-state index contributed by atoms with van der Waals surface area (Å²) in [5, 5.41) is 2.06. The number of methoxy groups -OCH3 is 1. The quantitative estimate of drug-likeness (QED) is 0.227. The first-order valence-electron chi connectivity index (χ1n) is 10.8. The van der Waals surface area contributed by atoms with Gasteiger partial charge in [-0.1, -0.05) is 0 Å². The predicted molar refractivity (Wildman–Crippen MR) is 124 cm³/mol. The number of rotatable bonds is 8. The molecule has 2 heterocycles. The van der Waals surface area contributed by atoms with Gasteiger partial charge in [-0.25, -0.2) is 30.8 Å². The number of nitrogens with zero attached hydrogens (tertiary/aromatic N) is 3. The van der Waals surface area contributed by atoms with Crippen molar-refractivity contribution < 1.29 is 45.0 Å². The summed E-state index contributed by atoms with van der Waals surface area (Å²) in [7, 11) is -0.854. The highest BCUT2D eigenvalue weighted by Crippen LogP contribution is 2.33. The molecule has 1 aromatic heterocycles. The van der Waals surface area contributed by atoms with Crippen LogP contribution >= 0.6 is 0 Å². The summed E-state index contributed by atoms with van der Waals surface area (Å²) >= 11 is 0. The highest BCUT2D eigenvalue weighted by molar-refractivity contribution is 7.74. The van der Waals surface area contributed by atoms with Gasteiger partial charge >= 0.3 is 6.09 Å². The Bertz CT molecular complexity index is 1270. The number of anilines is 2. The lowest BCUT2D eigenvalue weighted by atomic mass is 10.0. The third-order valence-corrected chi connectivity index (χ3v) is 6.48. The van der Waals surface area contributed by atoms with Gasteiger partial charge in [0, 0.05) is 50.1 Å². The van der Waals surface area contributed by atoms with E-state index in [2.05, 4.69) is 5.32 Å². The van der Waals surface area contributed by atoms with Gasteiger partial charge in [0.15, 0.2) is 23.3 Å². The summed E-state index contributed by atoms with van der Waals surface area (Å²) < 4.78 is 92.0. The van der Waals surface area contributed by atoms with Crippen molar-refractivity contribution in [1.82, 2.24) is 9.47 Å². The average Bonchev–Trinajstić information content (AvgIpc) is 3.36. The van der Waals surface area contributed by atoms with Crippen LogP contribution in [0.4, 0.5) is 33.7 Å². The number of ether oxygens (including phenoxy) is 2. The van der Waals surface area contributed by atoms with Crippen LogP contribution in [0.5, 0.6) is 0 Å². The van der Waals surface area contributed by atoms with Crippen LogP contribution in [0.25, 0.3) is 0 Å². The lowest BCUT2D eigenvalue weighted by Crippen LogP contribution is -2.40. The topological polar surface area (TPSA) is 110 Å². The summed E-state index contributed by atoms with van der Waals surface area (Å²) in [5.74, 6) is -7.93. The highest BCUT2D eigenvalue weighted by atomic mass is 32.2. The molecule has 2 amide bonds. The first-order valence-corrected chi connectivity index (χ1v) is 12.0. The molecule has 1 aromatic carbocycles. The molecule has 15 heteroatoms. The number of hydrogen-bond donors (Lipinski definition) is 2. The molecular formula is C22H24F4N4O6S. The minimum Gasteiger partial charge on any atom is -0.505 e. The number of carbonyl (C=O) groups excluding carboxylic acids is 2. The SMILES string of the molecule is CCOC(=O)N1CC(C=COC)C(N(c2cn(C)c(C(=O)Nc3cc(F)c(F)c(F)c3)c2F)[SH](=O)=O)C1. The molecule has 202 valence electrons. The second-order valence-electron chi connectivity index (χ2n) is 7.98. The largest absolute Gasteiger partial charge is 0.505 e. The van der Waals surface area contributed by atoms with Crippen LogP contribution in [0.2, 0.25) is 0 Å². The maximum Gasteiger partial charge on any atom is 0.409 e. The number of nitrogens with one attached hydrogen (secondary N) is 1. The van der Waals surface area contributed by atoms with Crippen molar-refractivity contribution >= 4 is 34.3 Å². The standard InChI is InChI=1S/C22H24F4N4O6S/c1-4-36-22(32)29-9-12(5-6-35-3)16(11-29)30(37(33)34)17-10-28(2)20(19(17)26)21(31)27-13-7-14(23)18(25)15(24)8-13/h5-8,10,12,16,37H,4,9,11H2,1-3H3,(H,27,31). The smallest absolute Gasteiger partial charge is 0.409 e. The molecule has 2 unspecified atom stereocenters. The number of benzene rings is 1. The van der Waals surface area contributed by atoms with Gasteiger partial charge in [0.05, 0.1) is 26.0 Å². The van der Waals surface area contributed by atoms with Gasteiger partial charge in [0.25, 0.3) is 5.91 Å². The summed E-state index contributed by atoms with van der Waals surface area (Å²) in [6.45, 7) is 1.60. The first kappa shape index (κ1) is 27.8. The van der Waals surface area contributed by atoms with Gasteiger partial charge in [-0.15, -0.1) is 0 Å². The Kier molecular flexibility index (Phi) is 8.68. The van der Waals surface area contributed by atoms with Crippen molar-refractivity contribution in [2.45, 2.75) is 13.0 Å². The van der Waals surface area contributed by atoms with Crippen LogP contribution in [0.15, 0.2) is 30.7 Å². The van der Waals surface area contributed by atoms with Crippen LogP contribution in [0.1, 0.15) is 17.4 Å². The van der Waals surface area contributed by atoms with E-state index in [1.54, 1.807) is 6.92 Å². The Hall–Kier alpha value is -3.75. The molecule has 0 bridgehead atoms. The summed E-state index contributed by atoms with van der Waals surface area (Å²) in [5.41, 5.74) is -1.64. The molecule has 2 atom stereocenters. The van der Waals surface area contributed by atoms with Crippen molar-refractivity contribution in [2.75, 3.05) is 36.4 Å². The van der Waals surface area contributed by atoms with Crippen LogP contribution in [0, 0.1) is 29.2 Å². The lowest BCUT2D eigenvalue weighted by Gasteiger charge is -2.26. The molecule has 0 saturated carbocycles. The molecule has 0 spiro atoms. The van der Waals surface area contributed by atoms with E-state index in [1.165, 1.54) is 31.4 Å². The first-order chi connectivity index (χ1) is 17.5. The van der Waals surface area contributed by atoms with E-state index >= 15 is 4.39 Å². The maximum absolute atomic E-state index is 15.5. The van der Waals surface area contributed by atoms with Crippen molar-refractivity contribution in [1.29, 1.82) is 0 Å². The number of aromatic nitrogens is 1. The Morgan fingerprint density at radius 3 is 2.38 bits per heavy atom. The number of halogens is 4. The monoisotopic (exact) mass is 548 g/mol. The molecule has 10 nitrogen and oxygen atoms in total. The van der Waals surface area contributed by atoms with Gasteiger partial charge in [-0.2, -0.15) is 0 Å². The molecular weight excluding hydrogens is 524 g/mol. The van der Waals surface area contributed by atoms with Crippen LogP contribution in [-0.2, 0) is 27.4 Å². The molecule has 1 N–H and O–H groups in total. The normalized spacial score (nSPS) is 17.5. The zero-order chi connectivity index (χ0) is 27.4. The fourth-order valence-electron chi connectivity index (χ4n) is 4.01. The maximum atomic E-state index is 15.5. The van der Waals surface area contributed by atoms with E-state index in [4.69, 9.17) is 9.47 Å². The average molecular weight is 549 g/mol. The second-order valence-corrected chi connectivity index (χ2v) is 8.88. The van der Waals surface area contributed by atoms with Gasteiger partial charge in [-0.3, -0.25) is 9.10 Å². The molecule has 2 aromatic rings. The molecule has 1 fully saturated rings. The van der Waals surface area contributed by atoms with E-state index in [0.29, 0.717) is 12.1 Å². The minimum atomic E-state index is -3.48. The number of carbonyl (C=O) groups is 2. The van der Waals surface area contributed by atoms with Gasteiger partial charge in [0.2, 0.25) is 10.9 Å². The molecule has 1 aliphatic rings. The molecule has 3 rings (SSSR count). The van der Waals surface area contributed by atoms with E-state index in [0.717, 1.165) is 15.1 Å². The predicted octanol–water partition coefficient (Wildman–Crippen LogP) is 2.78. The summed E-state index contributed by atoms with van der Waals surface area (Å²) in [6, 6.07) is 0.0347. The van der Waals surface area contributed by atoms with Crippen LogP contribution in [-0.4, -0.2) is 62.7 Å². The zero-order valence-electron chi connectivity index (χ0n) is 19.9. The van der Waals surface area contributed by atoms with Crippen molar-refractivity contribution in [3.8, 4) is 0 Å². The number of amides is 2. The molecule has 0 aliphatic carbocycles. The molecule has 0 radical (unpaired) electrons. The van der Waals surface area contributed by atoms with Crippen molar-refractivity contribution in [2.24, 2.45) is 13.0 Å². The Balaban J connectivity index is 1.97. The highest BCUT2D eigenvalue weighted by Gasteiger charge is 2.41. The number of thiol groups is 1. The summed E-state index contributed by atoms with van der Waals surface area (Å²) in [4.78, 5) is 26.3. The molecule has 1 saturated heterocycles. The number of aryl methyl sites for hydroxylation is 1. The lowest BCUT2D eigenvalue weighted by molar-refractivity contribution is 0.101. The van der Waals surface area contributed by atoms with Gasteiger partial charge < -0.3 is 24.3 Å². The fraction of sp³-hybridized carbons (Fsp3) is 0.364. The van der Waals surface area contributed by atoms with E-state index in [1.807, 2.05) is 0 Å². The van der Waals surface area contributed by atoms with E-state index in [9.17, 15) is 31.2 Å². The Labute approximate surface area is 211 Å². The van der Waals surface area contributed by atoms with Crippen molar-refractivity contribution in [3.63, 3.8) is 0 Å². The Morgan fingerprint density at radius 1 is 1.16 bits per heavy atom. The molecule has 1 aliphatic heterocycles. The van der Waals surface area contributed by atoms with Crippen molar-refractivity contribution in [3.05, 3.63) is 59.6 Å². The number of hydrogen-bond acceptors (Lipinski definition) is 6. The number of likely N-dealkylation sites (tertiary alicyclic amines) is 1. The second kappa shape index (κ2) is 11.5. The van der Waals surface area contributed by atoms with E-state index in [-0.39, 0.29) is 19.7 Å².